The molecule has 140 valence electrons. The van der Waals surface area contributed by atoms with Crippen LogP contribution in [0.1, 0.15) is 29.5 Å². The molecule has 1 fully saturated rings. The number of likely N-dealkylation sites (tertiary alicyclic amines) is 1. The first-order valence-corrected chi connectivity index (χ1v) is 9.84. The van der Waals surface area contributed by atoms with Gasteiger partial charge in [0.15, 0.2) is 0 Å². The molecule has 4 nitrogen and oxygen atoms in total. The Hall–Kier alpha value is -2.62. The molecular formula is C23H26N2O2. The lowest BCUT2D eigenvalue weighted by Crippen LogP contribution is -2.44. The third kappa shape index (κ3) is 3.75. The minimum atomic E-state index is 0.0274. The summed E-state index contributed by atoms with van der Waals surface area (Å²) in [6, 6.07) is 16.3. The number of carbonyl (C=O) groups excluding carboxylic acids is 2. The lowest BCUT2D eigenvalue weighted by atomic mass is 9.94. The molecule has 4 heteroatoms. The third-order valence-corrected chi connectivity index (χ3v) is 5.83. The summed E-state index contributed by atoms with van der Waals surface area (Å²) in [6.45, 7) is 4.18. The van der Waals surface area contributed by atoms with Crippen LogP contribution in [0.5, 0.6) is 0 Å². The van der Waals surface area contributed by atoms with Gasteiger partial charge in [-0.3, -0.25) is 9.59 Å². The Bertz CT molecular complexity index is 836. The maximum atomic E-state index is 13.0. The fourth-order valence-electron chi connectivity index (χ4n) is 4.16. The van der Waals surface area contributed by atoms with Crippen LogP contribution in [0.15, 0.2) is 48.5 Å². The second-order valence-corrected chi connectivity index (χ2v) is 7.69. The van der Waals surface area contributed by atoms with Crippen molar-refractivity contribution in [2.24, 2.45) is 5.92 Å². The fraction of sp³-hybridized carbons (Fsp3) is 0.391. The normalized spacial score (nSPS) is 17.1. The standard InChI is InChI=1S/C23H26N2O2/c1-17-6-8-18(9-7-17)16-22(26)24-13-10-20(11-14-24)23(27)25-15-12-19-4-2-3-5-21(19)25/h2-9,20H,10-16H2,1H3. The van der Waals surface area contributed by atoms with Gasteiger partial charge in [-0.05, 0) is 43.4 Å². The molecular weight excluding hydrogens is 336 g/mol. The molecule has 0 spiro atoms. The Morgan fingerprint density at radius 3 is 2.41 bits per heavy atom. The van der Waals surface area contributed by atoms with Crippen molar-refractivity contribution in [1.82, 2.24) is 4.90 Å². The first kappa shape index (κ1) is 17.8. The molecule has 2 heterocycles. The summed E-state index contributed by atoms with van der Waals surface area (Å²) >= 11 is 0. The van der Waals surface area contributed by atoms with Crippen LogP contribution in [0.25, 0.3) is 0 Å². The fourth-order valence-corrected chi connectivity index (χ4v) is 4.16. The predicted octanol–water partition coefficient (Wildman–Crippen LogP) is 3.37. The highest BCUT2D eigenvalue weighted by Crippen LogP contribution is 2.31. The van der Waals surface area contributed by atoms with Crippen LogP contribution in [-0.4, -0.2) is 36.3 Å². The Labute approximate surface area is 160 Å². The molecule has 1 saturated heterocycles. The smallest absolute Gasteiger partial charge is 0.230 e. The maximum absolute atomic E-state index is 13.0. The molecule has 0 aromatic heterocycles. The van der Waals surface area contributed by atoms with Crippen LogP contribution in [0, 0.1) is 12.8 Å². The molecule has 2 aliphatic heterocycles. The summed E-state index contributed by atoms with van der Waals surface area (Å²) in [7, 11) is 0. The number of carbonyl (C=O) groups is 2. The molecule has 0 bridgehead atoms. The number of hydrogen-bond donors (Lipinski definition) is 0. The maximum Gasteiger partial charge on any atom is 0.230 e. The van der Waals surface area contributed by atoms with Crippen molar-refractivity contribution in [2.75, 3.05) is 24.5 Å². The van der Waals surface area contributed by atoms with E-state index in [-0.39, 0.29) is 17.7 Å². The zero-order chi connectivity index (χ0) is 18.8. The molecule has 2 aromatic rings. The van der Waals surface area contributed by atoms with Crippen LogP contribution in [0.2, 0.25) is 0 Å². The average molecular weight is 362 g/mol. The van der Waals surface area contributed by atoms with Crippen LogP contribution >= 0.6 is 0 Å². The van der Waals surface area contributed by atoms with E-state index in [1.807, 2.05) is 59.2 Å². The summed E-state index contributed by atoms with van der Waals surface area (Å²) in [5.74, 6) is 0.418. The average Bonchev–Trinajstić information content (AvgIpc) is 3.13. The number of hydrogen-bond acceptors (Lipinski definition) is 2. The Balaban J connectivity index is 1.33. The van der Waals surface area contributed by atoms with Gasteiger partial charge >= 0.3 is 0 Å². The molecule has 0 radical (unpaired) electrons. The molecule has 2 aromatic carbocycles. The highest BCUT2D eigenvalue weighted by molar-refractivity contribution is 5.97. The molecule has 2 aliphatic rings. The van der Waals surface area contributed by atoms with Crippen molar-refractivity contribution >= 4 is 17.5 Å². The largest absolute Gasteiger partial charge is 0.342 e. The molecule has 4 rings (SSSR count). The zero-order valence-electron chi connectivity index (χ0n) is 15.9. The SMILES string of the molecule is Cc1ccc(CC(=O)N2CCC(C(=O)N3CCc4ccccc43)CC2)cc1. The predicted molar refractivity (Wildman–Crippen MR) is 107 cm³/mol. The third-order valence-electron chi connectivity index (χ3n) is 5.83. The Morgan fingerprint density at radius 2 is 1.67 bits per heavy atom. The van der Waals surface area contributed by atoms with Crippen LogP contribution in [0.4, 0.5) is 5.69 Å². The van der Waals surface area contributed by atoms with Gasteiger partial charge in [0, 0.05) is 31.2 Å². The number of nitrogens with zero attached hydrogens (tertiary/aromatic N) is 2. The van der Waals surface area contributed by atoms with Crippen molar-refractivity contribution < 1.29 is 9.59 Å². The van der Waals surface area contributed by atoms with E-state index in [9.17, 15) is 9.59 Å². The second kappa shape index (κ2) is 7.55. The van der Waals surface area contributed by atoms with Gasteiger partial charge in [0.2, 0.25) is 11.8 Å². The molecule has 0 aliphatic carbocycles. The van der Waals surface area contributed by atoms with E-state index in [1.165, 1.54) is 11.1 Å². The lowest BCUT2D eigenvalue weighted by Gasteiger charge is -2.33. The quantitative estimate of drug-likeness (QED) is 0.840. The van der Waals surface area contributed by atoms with Gasteiger partial charge in [-0.15, -0.1) is 0 Å². The van der Waals surface area contributed by atoms with Gasteiger partial charge in [0.1, 0.15) is 0 Å². The second-order valence-electron chi connectivity index (χ2n) is 7.69. The number of benzene rings is 2. The number of amides is 2. The number of rotatable bonds is 3. The first-order valence-electron chi connectivity index (χ1n) is 9.84. The van der Waals surface area contributed by atoms with E-state index in [2.05, 4.69) is 6.07 Å². The summed E-state index contributed by atoms with van der Waals surface area (Å²) in [4.78, 5) is 29.4. The zero-order valence-corrected chi connectivity index (χ0v) is 15.9. The number of anilines is 1. The number of piperidine rings is 1. The summed E-state index contributed by atoms with van der Waals surface area (Å²) < 4.78 is 0. The number of aryl methyl sites for hydroxylation is 1. The molecule has 0 saturated carbocycles. The highest BCUT2D eigenvalue weighted by Gasteiger charge is 2.33. The van der Waals surface area contributed by atoms with E-state index in [0.717, 1.165) is 37.1 Å². The Morgan fingerprint density at radius 1 is 0.963 bits per heavy atom. The first-order chi connectivity index (χ1) is 13.1. The monoisotopic (exact) mass is 362 g/mol. The van der Waals surface area contributed by atoms with Crippen molar-refractivity contribution in [3.63, 3.8) is 0 Å². The van der Waals surface area contributed by atoms with Gasteiger partial charge in [0.05, 0.1) is 6.42 Å². The van der Waals surface area contributed by atoms with Crippen molar-refractivity contribution in [3.05, 3.63) is 65.2 Å². The minimum absolute atomic E-state index is 0.0274. The molecule has 0 atom stereocenters. The van der Waals surface area contributed by atoms with Crippen LogP contribution in [0.3, 0.4) is 0 Å². The van der Waals surface area contributed by atoms with Gasteiger partial charge in [-0.2, -0.15) is 0 Å². The summed E-state index contributed by atoms with van der Waals surface area (Å²) in [5, 5.41) is 0. The van der Waals surface area contributed by atoms with Gasteiger partial charge in [-0.25, -0.2) is 0 Å². The van der Waals surface area contributed by atoms with Crippen LogP contribution < -0.4 is 4.90 Å². The summed E-state index contributed by atoms with van der Waals surface area (Å²) in [5.41, 5.74) is 4.59. The van der Waals surface area contributed by atoms with Gasteiger partial charge < -0.3 is 9.80 Å². The van der Waals surface area contributed by atoms with Crippen molar-refractivity contribution in [1.29, 1.82) is 0 Å². The van der Waals surface area contributed by atoms with Crippen LogP contribution in [-0.2, 0) is 22.4 Å². The molecule has 2 amide bonds. The number of para-hydroxylation sites is 1. The molecule has 0 N–H and O–H groups in total. The minimum Gasteiger partial charge on any atom is -0.342 e. The van der Waals surface area contributed by atoms with E-state index in [0.29, 0.717) is 19.5 Å². The lowest BCUT2D eigenvalue weighted by molar-refractivity contribution is -0.134. The van der Waals surface area contributed by atoms with Crippen molar-refractivity contribution in [2.45, 2.75) is 32.6 Å². The van der Waals surface area contributed by atoms with Crippen molar-refractivity contribution in [3.8, 4) is 0 Å². The molecule has 27 heavy (non-hydrogen) atoms. The number of fused-ring (bicyclic) bond motifs is 1. The van der Waals surface area contributed by atoms with E-state index < -0.39 is 0 Å². The molecule has 0 unspecified atom stereocenters. The van der Waals surface area contributed by atoms with E-state index in [4.69, 9.17) is 0 Å². The van der Waals surface area contributed by atoms with E-state index >= 15 is 0 Å². The van der Waals surface area contributed by atoms with Gasteiger partial charge in [-0.1, -0.05) is 48.0 Å². The highest BCUT2D eigenvalue weighted by atomic mass is 16.2. The Kier molecular flexibility index (Phi) is 4.97. The summed E-state index contributed by atoms with van der Waals surface area (Å²) in [6.07, 6.45) is 2.91. The van der Waals surface area contributed by atoms with Gasteiger partial charge in [0.25, 0.3) is 0 Å². The van der Waals surface area contributed by atoms with E-state index in [1.54, 1.807) is 0 Å². The topological polar surface area (TPSA) is 40.6 Å².